The number of benzene rings is 9. The molecule has 11 rings (SSSR count). The van der Waals surface area contributed by atoms with Crippen molar-refractivity contribution in [3.8, 4) is 33.4 Å². The second kappa shape index (κ2) is 12.9. The zero-order valence-corrected chi connectivity index (χ0v) is 30.6. The molecular weight excluding hydrogens is 687 g/mol. The number of hydrogen-bond acceptors (Lipinski definition) is 3. The summed E-state index contributed by atoms with van der Waals surface area (Å²) < 4.78 is 8.99. The average Bonchev–Trinajstić information content (AvgIpc) is 3.83. The molecule has 0 fully saturated rings. The van der Waals surface area contributed by atoms with Crippen LogP contribution in [0.3, 0.4) is 0 Å². The summed E-state index contributed by atoms with van der Waals surface area (Å²) in [5, 5.41) is 7.38. The number of nitrogens with zero attached hydrogens (tertiary/aromatic N) is 1. The van der Waals surface area contributed by atoms with Crippen LogP contribution in [-0.2, 0) is 0 Å². The molecule has 258 valence electrons. The van der Waals surface area contributed by atoms with Gasteiger partial charge < -0.3 is 9.32 Å². The van der Waals surface area contributed by atoms with Gasteiger partial charge in [0, 0.05) is 47.9 Å². The molecule has 0 N–H and O–H groups in total. The van der Waals surface area contributed by atoms with Crippen LogP contribution in [-0.4, -0.2) is 0 Å². The Morgan fingerprint density at radius 3 is 1.80 bits per heavy atom. The summed E-state index contributed by atoms with van der Waals surface area (Å²) in [6.07, 6.45) is 0. The second-order valence-electron chi connectivity index (χ2n) is 14.1. The maximum absolute atomic E-state index is 6.36. The molecule has 0 aliphatic heterocycles. The van der Waals surface area contributed by atoms with Crippen LogP contribution < -0.4 is 4.90 Å². The van der Waals surface area contributed by atoms with E-state index in [-0.39, 0.29) is 0 Å². The van der Waals surface area contributed by atoms with Crippen molar-refractivity contribution in [3.63, 3.8) is 0 Å². The van der Waals surface area contributed by atoms with Crippen molar-refractivity contribution >= 4 is 81.3 Å². The SMILES string of the molecule is c1ccc(N(c2ccc(-c3ccc4c(c3)sc3ccccc34)cc2)c2ccc(-c3cccc4ccccc34)cc2)c(-c2cccc3oc4ccccc4c23)c1. The first-order valence-electron chi connectivity index (χ1n) is 18.7. The van der Waals surface area contributed by atoms with Crippen molar-refractivity contribution in [2.45, 2.75) is 0 Å². The third-order valence-corrected chi connectivity index (χ3v) is 12.0. The minimum atomic E-state index is 0.888. The maximum atomic E-state index is 6.36. The van der Waals surface area contributed by atoms with Gasteiger partial charge in [0.25, 0.3) is 0 Å². The Kier molecular flexibility index (Phi) is 7.39. The fraction of sp³-hybridized carbons (Fsp3) is 0. The van der Waals surface area contributed by atoms with Gasteiger partial charge in [-0.2, -0.15) is 0 Å². The molecule has 11 aromatic rings. The minimum absolute atomic E-state index is 0.888. The van der Waals surface area contributed by atoms with E-state index in [0.29, 0.717) is 0 Å². The monoisotopic (exact) mass is 719 g/mol. The van der Waals surface area contributed by atoms with Gasteiger partial charge in [0.2, 0.25) is 0 Å². The Hall–Kier alpha value is -6.94. The van der Waals surface area contributed by atoms with Crippen molar-refractivity contribution in [2.75, 3.05) is 4.90 Å². The van der Waals surface area contributed by atoms with Gasteiger partial charge in [0.05, 0.1) is 5.69 Å². The highest BCUT2D eigenvalue weighted by molar-refractivity contribution is 7.25. The van der Waals surface area contributed by atoms with Crippen molar-refractivity contribution in [2.24, 2.45) is 0 Å². The number of furan rings is 1. The standard InChI is InChI=1S/C52H33NOS/c1-2-13-40-35(11-1)12-9-17-41(40)36-25-30-39(31-26-36)53(38-28-23-34(24-29-38)37-27-32-44-43-15-5-8-22-50(43)55-51(44)33-37)47-19-6-3-14-42(47)45-18-10-21-49-52(45)46-16-4-7-20-48(46)54-49/h1-33H. The Morgan fingerprint density at radius 1 is 0.364 bits per heavy atom. The van der Waals surface area contributed by atoms with Crippen LogP contribution in [0, 0.1) is 0 Å². The number of para-hydroxylation sites is 2. The summed E-state index contributed by atoms with van der Waals surface area (Å²) in [6, 6.07) is 72.2. The molecule has 0 aliphatic carbocycles. The molecule has 2 aromatic heterocycles. The smallest absolute Gasteiger partial charge is 0.136 e. The maximum Gasteiger partial charge on any atom is 0.136 e. The van der Waals surface area contributed by atoms with Crippen LogP contribution in [0.25, 0.3) is 86.3 Å². The molecular formula is C52H33NOS. The van der Waals surface area contributed by atoms with Crippen LogP contribution >= 0.6 is 11.3 Å². The lowest BCUT2D eigenvalue weighted by Gasteiger charge is -2.28. The van der Waals surface area contributed by atoms with Crippen LogP contribution in [0.5, 0.6) is 0 Å². The second-order valence-corrected chi connectivity index (χ2v) is 15.1. The normalized spacial score (nSPS) is 11.6. The summed E-state index contributed by atoms with van der Waals surface area (Å²) in [4.78, 5) is 2.39. The fourth-order valence-electron chi connectivity index (χ4n) is 8.30. The summed E-state index contributed by atoms with van der Waals surface area (Å²) in [7, 11) is 0. The van der Waals surface area contributed by atoms with E-state index in [4.69, 9.17) is 4.42 Å². The van der Waals surface area contributed by atoms with Gasteiger partial charge >= 0.3 is 0 Å². The first-order chi connectivity index (χ1) is 27.3. The van der Waals surface area contributed by atoms with Gasteiger partial charge in [0.15, 0.2) is 0 Å². The molecule has 55 heavy (non-hydrogen) atoms. The van der Waals surface area contributed by atoms with Crippen molar-refractivity contribution in [1.29, 1.82) is 0 Å². The summed E-state index contributed by atoms with van der Waals surface area (Å²) in [5.74, 6) is 0. The van der Waals surface area contributed by atoms with Gasteiger partial charge in [-0.25, -0.2) is 0 Å². The average molecular weight is 720 g/mol. The number of rotatable bonds is 6. The lowest BCUT2D eigenvalue weighted by molar-refractivity contribution is 0.669. The Bertz CT molecular complexity index is 3200. The molecule has 0 spiro atoms. The first-order valence-corrected chi connectivity index (χ1v) is 19.5. The number of thiophene rings is 1. The molecule has 3 heteroatoms. The third-order valence-electron chi connectivity index (χ3n) is 10.9. The van der Waals surface area contributed by atoms with E-state index >= 15 is 0 Å². The van der Waals surface area contributed by atoms with Crippen molar-refractivity contribution in [1.82, 2.24) is 0 Å². The Morgan fingerprint density at radius 2 is 0.945 bits per heavy atom. The van der Waals surface area contributed by atoms with E-state index in [2.05, 4.69) is 199 Å². The molecule has 2 nitrogen and oxygen atoms in total. The zero-order chi connectivity index (χ0) is 36.3. The molecule has 0 amide bonds. The van der Waals surface area contributed by atoms with Crippen LogP contribution in [0.1, 0.15) is 0 Å². The Balaban J connectivity index is 1.06. The van der Waals surface area contributed by atoms with E-state index in [1.807, 2.05) is 17.4 Å². The van der Waals surface area contributed by atoms with Gasteiger partial charge in [-0.3, -0.25) is 0 Å². The van der Waals surface area contributed by atoms with Gasteiger partial charge in [0.1, 0.15) is 11.2 Å². The van der Waals surface area contributed by atoms with Gasteiger partial charge in [-0.1, -0.05) is 146 Å². The highest BCUT2D eigenvalue weighted by atomic mass is 32.1. The van der Waals surface area contributed by atoms with E-state index in [0.717, 1.165) is 50.1 Å². The van der Waals surface area contributed by atoms with E-state index in [1.165, 1.54) is 53.2 Å². The number of fused-ring (bicyclic) bond motifs is 7. The molecule has 0 unspecified atom stereocenters. The largest absolute Gasteiger partial charge is 0.456 e. The molecule has 0 radical (unpaired) electrons. The fourth-order valence-corrected chi connectivity index (χ4v) is 9.44. The highest BCUT2D eigenvalue weighted by Crippen LogP contribution is 2.45. The number of anilines is 3. The quantitative estimate of drug-likeness (QED) is 0.170. The molecule has 9 aromatic carbocycles. The summed E-state index contributed by atoms with van der Waals surface area (Å²) in [5.41, 5.74) is 12.2. The van der Waals surface area contributed by atoms with E-state index in [9.17, 15) is 0 Å². The van der Waals surface area contributed by atoms with Crippen LogP contribution in [0.4, 0.5) is 17.1 Å². The zero-order valence-electron chi connectivity index (χ0n) is 29.8. The van der Waals surface area contributed by atoms with Gasteiger partial charge in [-0.15, -0.1) is 11.3 Å². The lowest BCUT2D eigenvalue weighted by Crippen LogP contribution is -2.11. The molecule has 0 saturated heterocycles. The van der Waals surface area contributed by atoms with E-state index < -0.39 is 0 Å². The molecule has 0 aliphatic rings. The van der Waals surface area contributed by atoms with Crippen LogP contribution in [0.15, 0.2) is 205 Å². The van der Waals surface area contributed by atoms with Crippen molar-refractivity contribution in [3.05, 3.63) is 200 Å². The Labute approximate surface area is 322 Å². The highest BCUT2D eigenvalue weighted by Gasteiger charge is 2.21. The summed E-state index contributed by atoms with van der Waals surface area (Å²) >= 11 is 1.86. The molecule has 0 saturated carbocycles. The first kappa shape index (κ1) is 31.6. The lowest BCUT2D eigenvalue weighted by atomic mass is 9.96. The molecule has 0 atom stereocenters. The number of hydrogen-bond donors (Lipinski definition) is 0. The minimum Gasteiger partial charge on any atom is -0.456 e. The van der Waals surface area contributed by atoms with Gasteiger partial charge in [-0.05, 0) is 93.2 Å². The topological polar surface area (TPSA) is 16.4 Å². The van der Waals surface area contributed by atoms with Crippen molar-refractivity contribution < 1.29 is 4.42 Å². The van der Waals surface area contributed by atoms with E-state index in [1.54, 1.807) is 0 Å². The molecule has 0 bridgehead atoms. The third kappa shape index (κ3) is 5.32. The predicted octanol–water partition coefficient (Wildman–Crippen LogP) is 15.6. The van der Waals surface area contributed by atoms with Crippen LogP contribution in [0.2, 0.25) is 0 Å². The summed E-state index contributed by atoms with van der Waals surface area (Å²) in [6.45, 7) is 0. The molecule has 2 heterocycles. The predicted molar refractivity (Wildman–Crippen MR) is 235 cm³/mol.